The summed E-state index contributed by atoms with van der Waals surface area (Å²) in [5, 5.41) is 14.8. The molecule has 0 aliphatic heterocycles. The van der Waals surface area contributed by atoms with Gasteiger partial charge in [0.15, 0.2) is 5.75 Å². The van der Waals surface area contributed by atoms with Gasteiger partial charge < -0.3 is 14.5 Å². The molecule has 0 aliphatic rings. The minimum Gasteiger partial charge on any atom is -0.539 e. The van der Waals surface area contributed by atoms with Crippen molar-refractivity contribution in [2.75, 3.05) is 0 Å². The van der Waals surface area contributed by atoms with Gasteiger partial charge in [-0.3, -0.25) is 10.1 Å². The molecule has 0 bridgehead atoms. The molecule has 8 heteroatoms. The average Bonchev–Trinajstić information content (AvgIpc) is 2.58. The van der Waals surface area contributed by atoms with Gasteiger partial charge in [-0.05, 0) is 74.7 Å². The smallest absolute Gasteiger partial charge is 0.407 e. The van der Waals surface area contributed by atoms with Crippen LogP contribution in [0.3, 0.4) is 0 Å². The molecular formula is C26H46N2O5Si. The van der Waals surface area contributed by atoms with Crippen molar-refractivity contribution in [2.45, 2.75) is 112 Å². The average molecular weight is 495 g/mol. The molecule has 0 aromatic heterocycles. The van der Waals surface area contributed by atoms with E-state index in [1.807, 2.05) is 26.8 Å². The molecule has 1 amide bonds. The number of nitrogens with zero attached hydrogens (tertiary/aromatic N) is 1. The maximum Gasteiger partial charge on any atom is 0.407 e. The number of amides is 1. The van der Waals surface area contributed by atoms with E-state index in [1.165, 1.54) is 0 Å². The van der Waals surface area contributed by atoms with Crippen LogP contribution in [-0.4, -0.2) is 31.0 Å². The standard InChI is InChI=1S/C26H46N2O5Si/c1-18(24(2,3)4)15-20(27-23(29)32-25(5,6)7)16-19-13-14-22(21(17-19)28(30)31)33-34(11,12)26(8,9)10/h13-14,17-18,20H,15-16H2,1-12H3,(H,27,29)/t18?,20-/m1/s1. The molecule has 0 saturated carbocycles. The molecule has 7 nitrogen and oxygen atoms in total. The zero-order chi connectivity index (χ0) is 26.7. The topological polar surface area (TPSA) is 90.7 Å². The van der Waals surface area contributed by atoms with Crippen molar-refractivity contribution in [2.24, 2.45) is 11.3 Å². The summed E-state index contributed by atoms with van der Waals surface area (Å²) in [5.41, 5.74) is 0.186. The van der Waals surface area contributed by atoms with Crippen molar-refractivity contribution in [3.63, 3.8) is 0 Å². The van der Waals surface area contributed by atoms with Crippen molar-refractivity contribution in [1.82, 2.24) is 5.32 Å². The van der Waals surface area contributed by atoms with Crippen LogP contribution in [0.4, 0.5) is 10.5 Å². The van der Waals surface area contributed by atoms with Gasteiger partial charge >= 0.3 is 11.8 Å². The maximum atomic E-state index is 12.5. The number of ether oxygens (including phenoxy) is 1. The van der Waals surface area contributed by atoms with E-state index < -0.39 is 20.0 Å². The van der Waals surface area contributed by atoms with E-state index in [9.17, 15) is 14.9 Å². The van der Waals surface area contributed by atoms with Crippen molar-refractivity contribution in [3.05, 3.63) is 33.9 Å². The predicted molar refractivity (Wildman–Crippen MR) is 141 cm³/mol. The lowest BCUT2D eigenvalue weighted by atomic mass is 9.78. The summed E-state index contributed by atoms with van der Waals surface area (Å²) in [6.07, 6.45) is 0.700. The molecule has 1 aromatic carbocycles. The molecule has 1 aromatic rings. The van der Waals surface area contributed by atoms with E-state index >= 15 is 0 Å². The minimum atomic E-state index is -2.24. The first-order valence-corrected chi connectivity index (χ1v) is 15.0. The molecule has 1 unspecified atom stereocenters. The third-order valence-electron chi connectivity index (χ3n) is 6.71. The Balaban J connectivity index is 3.24. The van der Waals surface area contributed by atoms with E-state index in [-0.39, 0.29) is 27.1 Å². The summed E-state index contributed by atoms with van der Waals surface area (Å²) in [5.74, 6) is 0.615. The van der Waals surface area contributed by atoms with Crippen LogP contribution >= 0.6 is 0 Å². The highest BCUT2D eigenvalue weighted by Gasteiger charge is 2.40. The number of benzene rings is 1. The number of rotatable bonds is 8. The van der Waals surface area contributed by atoms with Crippen LogP contribution in [0.15, 0.2) is 18.2 Å². The lowest BCUT2D eigenvalue weighted by molar-refractivity contribution is -0.385. The first kappa shape index (κ1) is 29.9. The van der Waals surface area contributed by atoms with Gasteiger partial charge in [-0.2, -0.15) is 0 Å². The second-order valence-corrected chi connectivity index (χ2v) is 17.7. The van der Waals surface area contributed by atoms with E-state index in [4.69, 9.17) is 9.16 Å². The first-order chi connectivity index (χ1) is 15.1. The summed E-state index contributed by atoms with van der Waals surface area (Å²) >= 11 is 0. The molecular weight excluding hydrogens is 448 g/mol. The Hall–Kier alpha value is -2.09. The maximum absolute atomic E-state index is 12.5. The molecule has 0 spiro atoms. The molecule has 1 rings (SSSR count). The number of hydrogen-bond acceptors (Lipinski definition) is 5. The number of alkyl carbamates (subject to hydrolysis) is 1. The van der Waals surface area contributed by atoms with E-state index in [0.717, 1.165) is 12.0 Å². The highest BCUT2D eigenvalue weighted by atomic mass is 28.4. The van der Waals surface area contributed by atoms with Gasteiger partial charge in [-0.25, -0.2) is 4.79 Å². The lowest BCUT2D eigenvalue weighted by Crippen LogP contribution is -2.44. The molecule has 0 saturated heterocycles. The SMILES string of the molecule is CC(C[C@H](Cc1ccc(O[Si](C)(C)C(C)(C)C)c([N+](=O)[O-])c1)NC(=O)OC(C)(C)C)C(C)(C)C. The van der Waals surface area contributed by atoms with Crippen LogP contribution in [0.1, 0.15) is 81.2 Å². The fourth-order valence-electron chi connectivity index (χ4n) is 3.08. The summed E-state index contributed by atoms with van der Waals surface area (Å²) < 4.78 is 11.7. The summed E-state index contributed by atoms with van der Waals surface area (Å²) in [6, 6.07) is 4.91. The Morgan fingerprint density at radius 3 is 2.09 bits per heavy atom. The van der Waals surface area contributed by atoms with E-state index in [1.54, 1.807) is 12.1 Å². The number of nitro groups is 1. The number of carbonyl (C=O) groups is 1. The first-order valence-electron chi connectivity index (χ1n) is 12.1. The molecule has 34 heavy (non-hydrogen) atoms. The molecule has 1 N–H and O–H groups in total. The number of hydrogen-bond donors (Lipinski definition) is 1. The van der Waals surface area contributed by atoms with Crippen molar-refractivity contribution in [3.8, 4) is 5.75 Å². The zero-order valence-electron chi connectivity index (χ0n) is 23.3. The van der Waals surface area contributed by atoms with Gasteiger partial charge in [0.2, 0.25) is 0 Å². The van der Waals surface area contributed by atoms with Gasteiger partial charge in [0, 0.05) is 12.1 Å². The third kappa shape index (κ3) is 9.28. The molecule has 0 aliphatic carbocycles. The lowest BCUT2D eigenvalue weighted by Gasteiger charge is -2.36. The van der Waals surface area contributed by atoms with Crippen LogP contribution < -0.4 is 9.74 Å². The second kappa shape index (κ2) is 10.7. The van der Waals surface area contributed by atoms with Crippen LogP contribution in [0.2, 0.25) is 18.1 Å². The normalized spacial score (nSPS) is 14.8. The summed E-state index contributed by atoms with van der Waals surface area (Å²) in [6.45, 7) is 24.6. The molecule has 0 fully saturated rings. The Morgan fingerprint density at radius 1 is 1.09 bits per heavy atom. The van der Waals surface area contributed by atoms with Crippen LogP contribution in [0.5, 0.6) is 5.75 Å². The van der Waals surface area contributed by atoms with Crippen LogP contribution in [0.25, 0.3) is 0 Å². The van der Waals surface area contributed by atoms with Gasteiger partial charge in [0.05, 0.1) is 4.92 Å². The Kier molecular flexibility index (Phi) is 9.39. The highest BCUT2D eigenvalue weighted by molar-refractivity contribution is 6.74. The predicted octanol–water partition coefficient (Wildman–Crippen LogP) is 7.49. The number of carbonyl (C=O) groups excluding carboxylic acids is 1. The minimum absolute atomic E-state index is 0.0396. The Bertz CT molecular complexity index is 863. The van der Waals surface area contributed by atoms with Gasteiger partial charge in [0.25, 0.3) is 8.32 Å². The van der Waals surface area contributed by atoms with Gasteiger partial charge in [-0.15, -0.1) is 0 Å². The van der Waals surface area contributed by atoms with Crippen LogP contribution in [0, 0.1) is 21.4 Å². The highest BCUT2D eigenvalue weighted by Crippen LogP contribution is 2.40. The third-order valence-corrected chi connectivity index (χ3v) is 11.1. The number of nitrogens with one attached hydrogen (secondary N) is 1. The summed E-state index contributed by atoms with van der Waals surface area (Å²) in [4.78, 5) is 24.0. The Morgan fingerprint density at radius 2 is 1.65 bits per heavy atom. The molecule has 2 atom stereocenters. The monoisotopic (exact) mass is 494 g/mol. The number of nitro benzene ring substituents is 1. The quantitative estimate of drug-likeness (QED) is 0.230. The summed E-state index contributed by atoms with van der Waals surface area (Å²) in [7, 11) is -2.24. The zero-order valence-corrected chi connectivity index (χ0v) is 24.3. The fourth-order valence-corrected chi connectivity index (χ4v) is 4.11. The molecule has 0 heterocycles. The van der Waals surface area contributed by atoms with Crippen molar-refractivity contribution < 1.29 is 18.9 Å². The van der Waals surface area contributed by atoms with Gasteiger partial charge in [0.1, 0.15) is 5.60 Å². The van der Waals surface area contributed by atoms with E-state index in [2.05, 4.69) is 66.9 Å². The Labute approximate surface area is 207 Å². The second-order valence-electron chi connectivity index (χ2n) is 13.0. The van der Waals surface area contributed by atoms with Crippen molar-refractivity contribution in [1.29, 1.82) is 0 Å². The molecule has 194 valence electrons. The van der Waals surface area contributed by atoms with Crippen LogP contribution in [-0.2, 0) is 11.2 Å². The fraction of sp³-hybridized carbons (Fsp3) is 0.731. The molecule has 0 radical (unpaired) electrons. The largest absolute Gasteiger partial charge is 0.539 e. The van der Waals surface area contributed by atoms with Gasteiger partial charge in [-0.1, -0.05) is 54.5 Å². The van der Waals surface area contributed by atoms with E-state index in [0.29, 0.717) is 18.1 Å². The van der Waals surface area contributed by atoms with Crippen molar-refractivity contribution >= 4 is 20.1 Å².